The van der Waals surface area contributed by atoms with Crippen LogP contribution in [0.3, 0.4) is 0 Å². The molecule has 1 N–H and O–H groups in total. The van der Waals surface area contributed by atoms with Crippen LogP contribution in [-0.2, 0) is 4.74 Å². The molecule has 0 bridgehead atoms. The van der Waals surface area contributed by atoms with Gasteiger partial charge in [0.05, 0.1) is 21.9 Å². The van der Waals surface area contributed by atoms with Crippen LogP contribution in [0.5, 0.6) is 0 Å². The summed E-state index contributed by atoms with van der Waals surface area (Å²) in [6.45, 7) is 2.68. The van der Waals surface area contributed by atoms with Crippen molar-refractivity contribution in [2.75, 3.05) is 11.9 Å². The molecule has 0 aliphatic heterocycles. The Morgan fingerprint density at radius 3 is 2.95 bits per heavy atom. The first-order valence-corrected chi connectivity index (χ1v) is 7.09. The summed E-state index contributed by atoms with van der Waals surface area (Å²) in [4.78, 5) is 15.2. The Hall–Kier alpha value is -2.21. The number of nitrogens with one attached hydrogen (secondary N) is 1. The molecule has 1 fully saturated rings. The van der Waals surface area contributed by atoms with Gasteiger partial charge in [-0.3, -0.25) is 15.1 Å². The van der Waals surface area contributed by atoms with Crippen LogP contribution >= 0.6 is 0 Å². The van der Waals surface area contributed by atoms with Gasteiger partial charge in [0.1, 0.15) is 5.69 Å². The van der Waals surface area contributed by atoms with E-state index < -0.39 is 0 Å². The lowest BCUT2D eigenvalue weighted by atomic mass is 9.89. The van der Waals surface area contributed by atoms with Crippen molar-refractivity contribution in [1.82, 2.24) is 4.98 Å². The minimum Gasteiger partial charge on any atom is -0.378 e. The Kier molecular flexibility index (Phi) is 3.70. The van der Waals surface area contributed by atoms with E-state index in [2.05, 4.69) is 10.3 Å². The number of ether oxygens (including phenoxy) is 1. The fourth-order valence-electron chi connectivity index (χ4n) is 2.73. The first-order valence-electron chi connectivity index (χ1n) is 7.09. The Balaban J connectivity index is 1.85. The average Bonchev–Trinajstić information content (AvgIpc) is 2.44. The first kappa shape index (κ1) is 13.8. The number of rotatable bonds is 5. The normalized spacial score (nSPS) is 21.0. The standard InChI is InChI=1S/C15H17N3O3/c1-2-21-11-8-10(9-11)17-14-6-5-13-12(4-3-7-16-13)15(14)18(19)20/h3-7,10-11,17H,2,8-9H2,1H3. The van der Waals surface area contributed by atoms with Gasteiger partial charge in [0.25, 0.3) is 0 Å². The summed E-state index contributed by atoms with van der Waals surface area (Å²) in [7, 11) is 0. The highest BCUT2D eigenvalue weighted by Gasteiger charge is 2.31. The van der Waals surface area contributed by atoms with Crippen LogP contribution in [0.2, 0.25) is 0 Å². The smallest absolute Gasteiger partial charge is 0.301 e. The Bertz CT molecular complexity index is 668. The van der Waals surface area contributed by atoms with Gasteiger partial charge < -0.3 is 10.1 Å². The van der Waals surface area contributed by atoms with Crippen molar-refractivity contribution in [3.05, 3.63) is 40.6 Å². The quantitative estimate of drug-likeness (QED) is 0.675. The molecule has 0 amide bonds. The van der Waals surface area contributed by atoms with Gasteiger partial charge in [0.2, 0.25) is 0 Å². The predicted molar refractivity (Wildman–Crippen MR) is 80.5 cm³/mol. The summed E-state index contributed by atoms with van der Waals surface area (Å²) in [6.07, 6.45) is 3.68. The number of nitrogens with zero attached hydrogens (tertiary/aromatic N) is 2. The minimum atomic E-state index is -0.342. The van der Waals surface area contributed by atoms with Gasteiger partial charge >= 0.3 is 5.69 Å². The van der Waals surface area contributed by atoms with Crippen molar-refractivity contribution in [1.29, 1.82) is 0 Å². The number of hydrogen-bond acceptors (Lipinski definition) is 5. The second-order valence-electron chi connectivity index (χ2n) is 5.18. The lowest BCUT2D eigenvalue weighted by molar-refractivity contribution is -0.382. The van der Waals surface area contributed by atoms with Gasteiger partial charge in [-0.05, 0) is 44.0 Å². The number of hydrogen-bond donors (Lipinski definition) is 1. The van der Waals surface area contributed by atoms with Crippen molar-refractivity contribution >= 4 is 22.3 Å². The zero-order valence-corrected chi connectivity index (χ0v) is 11.8. The average molecular weight is 287 g/mol. The molecule has 0 saturated heterocycles. The van der Waals surface area contributed by atoms with Crippen molar-refractivity contribution in [2.45, 2.75) is 31.9 Å². The molecule has 1 heterocycles. The van der Waals surface area contributed by atoms with Crippen LogP contribution in [0.1, 0.15) is 19.8 Å². The Labute approximate surface area is 122 Å². The highest BCUT2D eigenvalue weighted by Crippen LogP contribution is 2.35. The number of nitro groups is 1. The lowest BCUT2D eigenvalue weighted by Gasteiger charge is -2.35. The Morgan fingerprint density at radius 2 is 2.24 bits per heavy atom. The molecule has 1 aromatic heterocycles. The van der Waals surface area contributed by atoms with Gasteiger partial charge in [0.15, 0.2) is 0 Å². The molecule has 6 nitrogen and oxygen atoms in total. The summed E-state index contributed by atoms with van der Waals surface area (Å²) < 4.78 is 5.51. The van der Waals surface area contributed by atoms with Gasteiger partial charge in [0, 0.05) is 18.8 Å². The third kappa shape index (κ3) is 2.67. The molecule has 1 aliphatic carbocycles. The van der Waals surface area contributed by atoms with Crippen LogP contribution in [0, 0.1) is 10.1 Å². The van der Waals surface area contributed by atoms with E-state index in [1.165, 1.54) is 0 Å². The third-order valence-electron chi connectivity index (χ3n) is 3.80. The SMILES string of the molecule is CCOC1CC(Nc2ccc3ncccc3c2[N+](=O)[O-])C1. The zero-order chi connectivity index (χ0) is 14.8. The molecule has 3 rings (SSSR count). The van der Waals surface area contributed by atoms with Crippen LogP contribution in [0.15, 0.2) is 30.5 Å². The lowest BCUT2D eigenvalue weighted by Crippen LogP contribution is -2.40. The number of anilines is 1. The molecule has 6 heteroatoms. The predicted octanol–water partition coefficient (Wildman–Crippen LogP) is 3.12. The zero-order valence-electron chi connectivity index (χ0n) is 11.8. The number of benzene rings is 1. The molecule has 1 aromatic carbocycles. The van der Waals surface area contributed by atoms with E-state index in [0.29, 0.717) is 23.2 Å². The molecular formula is C15H17N3O3. The number of aromatic nitrogens is 1. The number of fused-ring (bicyclic) bond motifs is 1. The fourth-order valence-corrected chi connectivity index (χ4v) is 2.73. The van der Waals surface area contributed by atoms with E-state index in [1.54, 1.807) is 24.4 Å². The maximum Gasteiger partial charge on any atom is 0.301 e. The molecule has 0 unspecified atom stereocenters. The summed E-state index contributed by atoms with van der Waals surface area (Å²) in [6, 6.07) is 7.22. The van der Waals surface area contributed by atoms with Gasteiger partial charge in [-0.1, -0.05) is 0 Å². The summed E-state index contributed by atoms with van der Waals surface area (Å²) >= 11 is 0. The molecule has 0 radical (unpaired) electrons. The molecule has 21 heavy (non-hydrogen) atoms. The summed E-state index contributed by atoms with van der Waals surface area (Å²) in [5, 5.41) is 15.2. The molecular weight excluding hydrogens is 270 g/mol. The maximum atomic E-state index is 11.4. The Morgan fingerprint density at radius 1 is 1.43 bits per heavy atom. The van der Waals surface area contributed by atoms with Crippen LogP contribution in [0.4, 0.5) is 11.4 Å². The van der Waals surface area contributed by atoms with Crippen molar-refractivity contribution in [2.24, 2.45) is 0 Å². The third-order valence-corrected chi connectivity index (χ3v) is 3.80. The topological polar surface area (TPSA) is 77.3 Å². The van der Waals surface area contributed by atoms with Crippen LogP contribution in [0.25, 0.3) is 10.9 Å². The first-order chi connectivity index (χ1) is 10.2. The molecule has 1 saturated carbocycles. The summed E-state index contributed by atoms with van der Waals surface area (Å²) in [5.41, 5.74) is 1.29. The van der Waals surface area contributed by atoms with Gasteiger partial charge in [-0.25, -0.2) is 0 Å². The van der Waals surface area contributed by atoms with Crippen LogP contribution < -0.4 is 5.32 Å². The minimum absolute atomic E-state index is 0.0976. The molecule has 2 aromatic rings. The van der Waals surface area contributed by atoms with Crippen molar-refractivity contribution in [3.63, 3.8) is 0 Å². The molecule has 0 spiro atoms. The van der Waals surface area contributed by atoms with Crippen molar-refractivity contribution < 1.29 is 9.66 Å². The van der Waals surface area contributed by atoms with E-state index in [0.717, 1.165) is 12.8 Å². The number of pyridine rings is 1. The monoisotopic (exact) mass is 287 g/mol. The highest BCUT2D eigenvalue weighted by molar-refractivity contribution is 5.94. The molecule has 0 atom stereocenters. The van der Waals surface area contributed by atoms with E-state index >= 15 is 0 Å². The summed E-state index contributed by atoms with van der Waals surface area (Å²) in [5.74, 6) is 0. The van der Waals surface area contributed by atoms with E-state index in [-0.39, 0.29) is 22.8 Å². The largest absolute Gasteiger partial charge is 0.378 e. The van der Waals surface area contributed by atoms with Crippen LogP contribution in [-0.4, -0.2) is 28.7 Å². The molecule has 110 valence electrons. The van der Waals surface area contributed by atoms with E-state index in [4.69, 9.17) is 4.74 Å². The van der Waals surface area contributed by atoms with Gasteiger partial charge in [-0.15, -0.1) is 0 Å². The second kappa shape index (κ2) is 5.65. The highest BCUT2D eigenvalue weighted by atomic mass is 16.6. The fraction of sp³-hybridized carbons (Fsp3) is 0.400. The van der Waals surface area contributed by atoms with E-state index in [9.17, 15) is 10.1 Å². The van der Waals surface area contributed by atoms with Crippen molar-refractivity contribution in [3.8, 4) is 0 Å². The molecule has 1 aliphatic rings. The van der Waals surface area contributed by atoms with Gasteiger partial charge in [-0.2, -0.15) is 0 Å². The van der Waals surface area contributed by atoms with E-state index in [1.807, 2.05) is 13.0 Å². The number of nitro benzene ring substituents is 1. The second-order valence-corrected chi connectivity index (χ2v) is 5.18. The maximum absolute atomic E-state index is 11.4.